The van der Waals surface area contributed by atoms with Crippen molar-refractivity contribution in [2.75, 3.05) is 5.32 Å². The number of nitrogens with zero attached hydrogens (tertiary/aromatic N) is 3. The molecule has 9 nitrogen and oxygen atoms in total. The maximum atomic E-state index is 12.4. The second kappa shape index (κ2) is 9.82. The zero-order valence-corrected chi connectivity index (χ0v) is 19.3. The second-order valence-corrected chi connectivity index (χ2v) is 10.6. The van der Waals surface area contributed by atoms with Crippen molar-refractivity contribution in [2.45, 2.75) is 24.3 Å². The van der Waals surface area contributed by atoms with Crippen molar-refractivity contribution in [3.05, 3.63) is 57.8 Å². The Balaban J connectivity index is 1.69. The van der Waals surface area contributed by atoms with Crippen LogP contribution in [-0.2, 0) is 14.6 Å². The molecule has 0 bridgehead atoms. The number of esters is 1. The molecular formula is C20H16N4O5S3. The van der Waals surface area contributed by atoms with E-state index in [9.17, 15) is 23.3 Å². The van der Waals surface area contributed by atoms with Crippen molar-refractivity contribution in [1.29, 1.82) is 5.26 Å². The first-order chi connectivity index (χ1) is 15.2. The Morgan fingerprint density at radius 1 is 1.22 bits per heavy atom. The molecule has 0 saturated carbocycles. The SMILES string of the molecule is CC(C)S(=O)(=O)c1nsc(NC(=O)C(C#N)=Cc2ccc(OC(=O)c3cccs3)cc2)n1. The molecule has 0 aliphatic rings. The Morgan fingerprint density at radius 3 is 2.53 bits per heavy atom. The van der Waals surface area contributed by atoms with Gasteiger partial charge in [-0.1, -0.05) is 18.2 Å². The van der Waals surface area contributed by atoms with Crippen molar-refractivity contribution in [3.8, 4) is 11.8 Å². The number of amides is 1. The first-order valence-electron chi connectivity index (χ1n) is 9.07. The van der Waals surface area contributed by atoms with Gasteiger partial charge in [-0.25, -0.2) is 13.2 Å². The van der Waals surface area contributed by atoms with Gasteiger partial charge in [0, 0.05) is 11.5 Å². The fraction of sp³-hybridized carbons (Fsp3) is 0.150. The topological polar surface area (TPSA) is 139 Å². The van der Waals surface area contributed by atoms with Crippen LogP contribution < -0.4 is 10.1 Å². The van der Waals surface area contributed by atoms with Crippen LogP contribution in [0.5, 0.6) is 5.75 Å². The van der Waals surface area contributed by atoms with Gasteiger partial charge < -0.3 is 4.74 Å². The maximum Gasteiger partial charge on any atom is 0.353 e. The summed E-state index contributed by atoms with van der Waals surface area (Å²) < 4.78 is 33.2. The molecule has 3 rings (SSSR count). The molecule has 0 unspecified atom stereocenters. The minimum atomic E-state index is -3.67. The third kappa shape index (κ3) is 5.44. The van der Waals surface area contributed by atoms with Gasteiger partial charge in [-0.3, -0.25) is 10.1 Å². The number of benzene rings is 1. The Bertz CT molecular complexity index is 1300. The summed E-state index contributed by atoms with van der Waals surface area (Å²) in [6.07, 6.45) is 1.34. The van der Waals surface area contributed by atoms with Gasteiger partial charge in [-0.2, -0.15) is 14.6 Å². The molecule has 12 heteroatoms. The molecule has 1 aromatic carbocycles. The van der Waals surface area contributed by atoms with Gasteiger partial charge in [-0.05, 0) is 49.1 Å². The number of aromatic nitrogens is 2. The number of ether oxygens (including phenoxy) is 1. The Morgan fingerprint density at radius 2 is 1.94 bits per heavy atom. The summed E-state index contributed by atoms with van der Waals surface area (Å²) in [5.41, 5.74) is 0.296. The molecular weight excluding hydrogens is 472 g/mol. The number of hydrogen-bond acceptors (Lipinski definition) is 10. The van der Waals surface area contributed by atoms with Gasteiger partial charge in [0.05, 0.1) is 5.25 Å². The highest BCUT2D eigenvalue weighted by molar-refractivity contribution is 7.91. The first-order valence-corrected chi connectivity index (χ1v) is 12.3. The molecule has 2 aromatic heterocycles. The summed E-state index contributed by atoms with van der Waals surface area (Å²) in [6, 6.07) is 11.4. The van der Waals surface area contributed by atoms with Crippen molar-refractivity contribution in [2.24, 2.45) is 0 Å². The number of carbonyl (C=O) groups is 2. The van der Waals surface area contributed by atoms with E-state index in [0.29, 0.717) is 27.7 Å². The molecule has 0 saturated heterocycles. The number of carbonyl (C=O) groups excluding carboxylic acids is 2. The summed E-state index contributed by atoms with van der Waals surface area (Å²) >= 11 is 1.97. The summed E-state index contributed by atoms with van der Waals surface area (Å²) in [6.45, 7) is 3.00. The van der Waals surface area contributed by atoms with E-state index >= 15 is 0 Å². The van der Waals surface area contributed by atoms with Crippen LogP contribution in [0.1, 0.15) is 29.1 Å². The highest BCUT2D eigenvalue weighted by Gasteiger charge is 2.25. The quantitative estimate of drug-likeness (QED) is 0.230. The molecule has 0 atom stereocenters. The zero-order valence-electron chi connectivity index (χ0n) is 16.8. The van der Waals surface area contributed by atoms with Gasteiger partial charge in [0.1, 0.15) is 22.3 Å². The molecule has 0 radical (unpaired) electrons. The second-order valence-electron chi connectivity index (χ2n) is 6.54. The highest BCUT2D eigenvalue weighted by Crippen LogP contribution is 2.20. The number of hydrogen-bond donors (Lipinski definition) is 1. The standard InChI is InChI=1S/C20H16N4O5S3/c1-12(2)32(27,28)20-23-19(31-24-20)22-17(25)14(11-21)10-13-5-7-15(8-6-13)29-18(26)16-4-3-9-30-16/h3-10,12H,1-2H3,(H,22,23,24,25). The average Bonchev–Trinajstić information content (AvgIpc) is 3.45. The van der Waals surface area contributed by atoms with E-state index < -0.39 is 27.0 Å². The van der Waals surface area contributed by atoms with Crippen LogP contribution in [0.4, 0.5) is 5.13 Å². The van der Waals surface area contributed by atoms with Crippen LogP contribution in [-0.4, -0.2) is 34.9 Å². The van der Waals surface area contributed by atoms with Crippen LogP contribution in [0.3, 0.4) is 0 Å². The molecule has 0 spiro atoms. The third-order valence-electron chi connectivity index (χ3n) is 3.99. The van der Waals surface area contributed by atoms with E-state index in [1.807, 2.05) is 0 Å². The van der Waals surface area contributed by atoms with Crippen LogP contribution in [0, 0.1) is 11.3 Å². The predicted molar refractivity (Wildman–Crippen MR) is 120 cm³/mol. The Hall–Kier alpha value is -3.40. The minimum absolute atomic E-state index is 0.0359. The molecule has 0 aliphatic carbocycles. The first kappa shape index (κ1) is 23.3. The van der Waals surface area contributed by atoms with Gasteiger partial charge in [0.2, 0.25) is 15.0 Å². The van der Waals surface area contributed by atoms with E-state index in [4.69, 9.17) is 4.74 Å². The van der Waals surface area contributed by atoms with E-state index in [1.54, 1.807) is 35.7 Å². The number of sulfone groups is 1. The van der Waals surface area contributed by atoms with Gasteiger partial charge in [-0.15, -0.1) is 11.3 Å². The normalized spacial score (nSPS) is 11.8. The lowest BCUT2D eigenvalue weighted by atomic mass is 10.1. The number of thiophene rings is 1. The molecule has 164 valence electrons. The molecule has 32 heavy (non-hydrogen) atoms. The lowest BCUT2D eigenvalue weighted by Gasteiger charge is -2.04. The van der Waals surface area contributed by atoms with Crippen molar-refractivity contribution >= 4 is 55.8 Å². The van der Waals surface area contributed by atoms with E-state index in [0.717, 1.165) is 0 Å². The highest BCUT2D eigenvalue weighted by atomic mass is 32.2. The lowest BCUT2D eigenvalue weighted by Crippen LogP contribution is -2.16. The third-order valence-corrected chi connectivity index (χ3v) is 7.52. The largest absolute Gasteiger partial charge is 0.422 e. The lowest BCUT2D eigenvalue weighted by molar-refractivity contribution is -0.112. The van der Waals surface area contributed by atoms with Gasteiger partial charge in [0.25, 0.3) is 11.1 Å². The van der Waals surface area contributed by atoms with Crippen LogP contribution in [0.2, 0.25) is 0 Å². The maximum absolute atomic E-state index is 12.4. The van der Waals surface area contributed by atoms with Crippen LogP contribution in [0.15, 0.2) is 52.5 Å². The van der Waals surface area contributed by atoms with Crippen LogP contribution in [0.25, 0.3) is 6.08 Å². The average molecular weight is 489 g/mol. The molecule has 1 N–H and O–H groups in total. The summed E-state index contributed by atoms with van der Waals surface area (Å²) in [7, 11) is -3.67. The van der Waals surface area contributed by atoms with E-state index in [-0.39, 0.29) is 15.9 Å². The van der Waals surface area contributed by atoms with Gasteiger partial charge in [0.15, 0.2) is 0 Å². The Labute approximate surface area is 192 Å². The van der Waals surface area contributed by atoms with Crippen molar-refractivity contribution < 1.29 is 22.7 Å². The molecule has 0 aliphatic heterocycles. The summed E-state index contributed by atoms with van der Waals surface area (Å²) in [5, 5.41) is 12.4. The monoisotopic (exact) mass is 488 g/mol. The van der Waals surface area contributed by atoms with E-state index in [2.05, 4.69) is 14.7 Å². The molecule has 1 amide bonds. The zero-order chi connectivity index (χ0) is 23.3. The smallest absolute Gasteiger partial charge is 0.353 e. The molecule has 2 heterocycles. The van der Waals surface area contributed by atoms with Crippen molar-refractivity contribution in [3.63, 3.8) is 0 Å². The fourth-order valence-electron chi connectivity index (χ4n) is 2.25. The van der Waals surface area contributed by atoms with Crippen LogP contribution >= 0.6 is 22.9 Å². The summed E-state index contributed by atoms with van der Waals surface area (Å²) in [5.74, 6) is -0.919. The number of nitrogens with one attached hydrogen (secondary N) is 1. The number of anilines is 1. The summed E-state index contributed by atoms with van der Waals surface area (Å²) in [4.78, 5) is 28.7. The number of rotatable bonds is 7. The predicted octanol–water partition coefficient (Wildman–Crippen LogP) is 3.55. The minimum Gasteiger partial charge on any atom is -0.422 e. The van der Waals surface area contributed by atoms with Gasteiger partial charge >= 0.3 is 5.97 Å². The van der Waals surface area contributed by atoms with Crippen molar-refractivity contribution in [1.82, 2.24) is 9.36 Å². The fourth-order valence-corrected chi connectivity index (χ4v) is 4.55. The van der Waals surface area contributed by atoms with E-state index in [1.165, 1.54) is 43.4 Å². The number of nitriles is 1. The molecule has 0 fully saturated rings. The Kier molecular flexibility index (Phi) is 7.14. The molecule has 3 aromatic rings.